The number of aliphatic hydroxyl groups excluding tert-OH is 1. The quantitative estimate of drug-likeness (QED) is 0.557. The summed E-state index contributed by atoms with van der Waals surface area (Å²) < 4.78 is 5.14. The summed E-state index contributed by atoms with van der Waals surface area (Å²) in [4.78, 5) is 12.2. The normalized spacial score (nSPS) is 12.7. The molecule has 0 fully saturated rings. The van der Waals surface area contributed by atoms with Gasteiger partial charge in [0.25, 0.3) is 0 Å². The maximum Gasteiger partial charge on any atom is 0.164 e. The lowest BCUT2D eigenvalue weighted by molar-refractivity contribution is 0.0979. The van der Waals surface area contributed by atoms with Crippen LogP contribution in [0.1, 0.15) is 54.8 Å². The third-order valence-electron chi connectivity index (χ3n) is 4.42. The fraction of sp³-hybridized carbons (Fsp3) is 0.409. The SMILES string of the molecule is COc1cccc(C(=O)CCNCC(O)c2ccc(C(C)(C)C)cc2)c1. The van der Waals surface area contributed by atoms with Gasteiger partial charge in [-0.25, -0.2) is 0 Å². The number of ether oxygens (including phenoxy) is 1. The van der Waals surface area contributed by atoms with Gasteiger partial charge in [-0.3, -0.25) is 4.79 Å². The maximum absolute atomic E-state index is 12.2. The van der Waals surface area contributed by atoms with E-state index in [0.717, 1.165) is 5.56 Å². The Kier molecular flexibility index (Phi) is 6.95. The van der Waals surface area contributed by atoms with Crippen LogP contribution < -0.4 is 10.1 Å². The minimum Gasteiger partial charge on any atom is -0.497 e. The highest BCUT2D eigenvalue weighted by Gasteiger charge is 2.14. The monoisotopic (exact) mass is 355 g/mol. The highest BCUT2D eigenvalue weighted by Crippen LogP contribution is 2.23. The molecule has 2 N–H and O–H groups in total. The van der Waals surface area contributed by atoms with Gasteiger partial charge in [0, 0.05) is 25.1 Å². The molecule has 0 aliphatic carbocycles. The van der Waals surface area contributed by atoms with E-state index in [1.165, 1.54) is 5.56 Å². The zero-order valence-corrected chi connectivity index (χ0v) is 16.1. The minimum absolute atomic E-state index is 0.0559. The number of hydrogen-bond donors (Lipinski definition) is 2. The number of carbonyl (C=O) groups excluding carboxylic acids is 1. The number of methoxy groups -OCH3 is 1. The number of rotatable bonds is 8. The highest BCUT2D eigenvalue weighted by atomic mass is 16.5. The Labute approximate surface area is 156 Å². The first kappa shape index (κ1) is 20.1. The molecule has 4 nitrogen and oxygen atoms in total. The second-order valence-corrected chi connectivity index (χ2v) is 7.50. The predicted octanol–water partition coefficient (Wildman–Crippen LogP) is 3.89. The zero-order chi connectivity index (χ0) is 19.2. The van der Waals surface area contributed by atoms with Crippen LogP contribution in [0, 0.1) is 0 Å². The number of ketones is 1. The second-order valence-electron chi connectivity index (χ2n) is 7.50. The van der Waals surface area contributed by atoms with Crippen molar-refractivity contribution in [3.8, 4) is 5.75 Å². The van der Waals surface area contributed by atoms with Gasteiger partial charge in [-0.2, -0.15) is 0 Å². The molecule has 0 radical (unpaired) electrons. The number of benzene rings is 2. The summed E-state index contributed by atoms with van der Waals surface area (Å²) in [7, 11) is 1.58. The van der Waals surface area contributed by atoms with Crippen LogP contribution in [0.3, 0.4) is 0 Å². The van der Waals surface area contributed by atoms with Gasteiger partial charge in [-0.15, -0.1) is 0 Å². The van der Waals surface area contributed by atoms with E-state index in [2.05, 4.69) is 38.2 Å². The molecule has 0 bridgehead atoms. The number of carbonyl (C=O) groups is 1. The van der Waals surface area contributed by atoms with E-state index in [0.29, 0.717) is 30.8 Å². The van der Waals surface area contributed by atoms with E-state index < -0.39 is 6.10 Å². The molecule has 0 aliphatic heterocycles. The van der Waals surface area contributed by atoms with E-state index in [9.17, 15) is 9.90 Å². The molecule has 1 unspecified atom stereocenters. The first-order valence-corrected chi connectivity index (χ1v) is 8.98. The van der Waals surface area contributed by atoms with Crippen LogP contribution in [0.15, 0.2) is 48.5 Å². The first-order chi connectivity index (χ1) is 12.3. The lowest BCUT2D eigenvalue weighted by atomic mass is 9.86. The fourth-order valence-electron chi connectivity index (χ4n) is 2.70. The summed E-state index contributed by atoms with van der Waals surface area (Å²) in [5, 5.41) is 13.5. The Morgan fingerprint density at radius 2 is 1.85 bits per heavy atom. The van der Waals surface area contributed by atoms with Crippen LogP contribution in [0.25, 0.3) is 0 Å². The van der Waals surface area contributed by atoms with E-state index in [1.807, 2.05) is 24.3 Å². The summed E-state index contributed by atoms with van der Waals surface area (Å²) in [5.74, 6) is 0.735. The standard InChI is InChI=1S/C22H29NO3/c1-22(2,3)18-10-8-16(9-11-18)21(25)15-23-13-12-20(24)17-6-5-7-19(14-17)26-4/h5-11,14,21,23,25H,12-13,15H2,1-4H3. The summed E-state index contributed by atoms with van der Waals surface area (Å²) in [6, 6.07) is 15.2. The van der Waals surface area contributed by atoms with Crippen molar-refractivity contribution in [1.29, 1.82) is 0 Å². The van der Waals surface area contributed by atoms with Gasteiger partial charge in [-0.1, -0.05) is 57.2 Å². The molecule has 140 valence electrons. The number of nitrogens with one attached hydrogen (secondary N) is 1. The molecule has 0 spiro atoms. The van der Waals surface area contributed by atoms with Gasteiger partial charge in [0.2, 0.25) is 0 Å². The smallest absolute Gasteiger partial charge is 0.164 e. The number of hydrogen-bond acceptors (Lipinski definition) is 4. The third kappa shape index (κ3) is 5.68. The van der Waals surface area contributed by atoms with Crippen LogP contribution in [-0.4, -0.2) is 31.1 Å². The summed E-state index contributed by atoms with van der Waals surface area (Å²) >= 11 is 0. The van der Waals surface area contributed by atoms with Crippen molar-refractivity contribution in [1.82, 2.24) is 5.32 Å². The van der Waals surface area contributed by atoms with Gasteiger partial charge >= 0.3 is 0 Å². The van der Waals surface area contributed by atoms with Crippen molar-refractivity contribution in [2.24, 2.45) is 0 Å². The fourth-order valence-corrected chi connectivity index (χ4v) is 2.70. The van der Waals surface area contributed by atoms with Crippen LogP contribution in [-0.2, 0) is 5.41 Å². The second kappa shape index (κ2) is 8.97. The molecule has 26 heavy (non-hydrogen) atoms. The third-order valence-corrected chi connectivity index (χ3v) is 4.42. The van der Waals surface area contributed by atoms with Crippen LogP contribution >= 0.6 is 0 Å². The van der Waals surface area contributed by atoms with Crippen molar-refractivity contribution in [3.63, 3.8) is 0 Å². The maximum atomic E-state index is 12.2. The Balaban J connectivity index is 1.79. The Bertz CT molecular complexity index is 717. The predicted molar refractivity (Wildman–Crippen MR) is 105 cm³/mol. The molecular weight excluding hydrogens is 326 g/mol. The molecule has 2 aromatic carbocycles. The zero-order valence-electron chi connectivity index (χ0n) is 16.1. The van der Waals surface area contributed by atoms with Crippen molar-refractivity contribution < 1.29 is 14.6 Å². The van der Waals surface area contributed by atoms with E-state index in [-0.39, 0.29) is 11.2 Å². The van der Waals surface area contributed by atoms with Gasteiger partial charge in [0.05, 0.1) is 13.2 Å². The molecule has 2 aromatic rings. The first-order valence-electron chi connectivity index (χ1n) is 8.98. The Hall–Kier alpha value is -2.17. The molecule has 0 saturated carbocycles. The van der Waals surface area contributed by atoms with Crippen molar-refractivity contribution in [2.75, 3.05) is 20.2 Å². The summed E-state index contributed by atoms with van der Waals surface area (Å²) in [6.45, 7) is 7.44. The van der Waals surface area contributed by atoms with Crippen molar-refractivity contribution in [3.05, 3.63) is 65.2 Å². The van der Waals surface area contributed by atoms with Gasteiger partial charge in [-0.05, 0) is 28.7 Å². The topological polar surface area (TPSA) is 58.6 Å². The van der Waals surface area contributed by atoms with Crippen molar-refractivity contribution in [2.45, 2.75) is 38.7 Å². The lowest BCUT2D eigenvalue weighted by Gasteiger charge is -2.20. The molecule has 1 atom stereocenters. The van der Waals surface area contributed by atoms with E-state index in [4.69, 9.17) is 4.74 Å². The molecular formula is C22H29NO3. The van der Waals surface area contributed by atoms with Crippen molar-refractivity contribution >= 4 is 5.78 Å². The number of Topliss-reactive ketones (excluding diaryl/α,β-unsaturated/α-hetero) is 1. The summed E-state index contributed by atoms with van der Waals surface area (Å²) in [6.07, 6.45) is -0.209. The molecule has 0 heterocycles. The van der Waals surface area contributed by atoms with Gasteiger partial charge in [0.1, 0.15) is 5.75 Å². The molecule has 0 amide bonds. The van der Waals surface area contributed by atoms with Gasteiger partial charge in [0.15, 0.2) is 5.78 Å². The molecule has 0 aromatic heterocycles. The van der Waals surface area contributed by atoms with Crippen LogP contribution in [0.5, 0.6) is 5.75 Å². The highest BCUT2D eigenvalue weighted by molar-refractivity contribution is 5.96. The number of aliphatic hydroxyl groups is 1. The summed E-state index contributed by atoms with van der Waals surface area (Å²) in [5.41, 5.74) is 2.86. The lowest BCUT2D eigenvalue weighted by Crippen LogP contribution is -2.24. The molecule has 0 saturated heterocycles. The average Bonchev–Trinajstić information content (AvgIpc) is 2.64. The molecule has 4 heteroatoms. The van der Waals surface area contributed by atoms with E-state index >= 15 is 0 Å². The largest absolute Gasteiger partial charge is 0.497 e. The van der Waals surface area contributed by atoms with E-state index in [1.54, 1.807) is 19.2 Å². The van der Waals surface area contributed by atoms with Crippen LogP contribution in [0.4, 0.5) is 0 Å². The Morgan fingerprint density at radius 3 is 2.46 bits per heavy atom. The molecule has 2 rings (SSSR count). The minimum atomic E-state index is -0.587. The average molecular weight is 355 g/mol. The molecule has 0 aliphatic rings. The van der Waals surface area contributed by atoms with Crippen LogP contribution in [0.2, 0.25) is 0 Å². The van der Waals surface area contributed by atoms with Gasteiger partial charge < -0.3 is 15.2 Å². The Morgan fingerprint density at radius 1 is 1.15 bits per heavy atom.